The molecule has 118 valence electrons. The van der Waals surface area contributed by atoms with Gasteiger partial charge in [-0.3, -0.25) is 4.79 Å². The summed E-state index contributed by atoms with van der Waals surface area (Å²) < 4.78 is 0. The van der Waals surface area contributed by atoms with E-state index in [1.165, 1.54) is 6.33 Å². The molecular formula is C14H18N4O3S. The highest BCUT2D eigenvalue weighted by Crippen LogP contribution is 2.27. The number of carbonyl (C=O) groups excluding carboxylic acids is 1. The lowest BCUT2D eigenvalue weighted by atomic mass is 10.3. The van der Waals surface area contributed by atoms with Gasteiger partial charge < -0.3 is 20.0 Å². The molecule has 1 amide bonds. The molecule has 0 saturated carbocycles. The highest BCUT2D eigenvalue weighted by atomic mass is 32.1. The van der Waals surface area contributed by atoms with E-state index in [1.807, 2.05) is 16.3 Å². The van der Waals surface area contributed by atoms with Crippen LogP contribution in [0.4, 0.5) is 5.82 Å². The monoisotopic (exact) mass is 322 g/mol. The van der Waals surface area contributed by atoms with Crippen molar-refractivity contribution >= 4 is 33.3 Å². The number of aliphatic hydroxyl groups excluding tert-OH is 2. The summed E-state index contributed by atoms with van der Waals surface area (Å²) in [5, 5.41) is 22.0. The third-order valence-corrected chi connectivity index (χ3v) is 4.54. The van der Waals surface area contributed by atoms with Crippen molar-refractivity contribution in [1.82, 2.24) is 14.9 Å². The van der Waals surface area contributed by atoms with Gasteiger partial charge >= 0.3 is 0 Å². The molecule has 0 aliphatic carbocycles. The normalized spacial score (nSPS) is 19.5. The number of hydrogen-bond donors (Lipinski definition) is 2. The predicted octanol–water partition coefficient (Wildman–Crippen LogP) is 0.0832. The van der Waals surface area contributed by atoms with Gasteiger partial charge in [0.05, 0.1) is 18.1 Å². The molecular weight excluding hydrogens is 304 g/mol. The quantitative estimate of drug-likeness (QED) is 0.832. The van der Waals surface area contributed by atoms with Crippen LogP contribution >= 0.6 is 11.3 Å². The molecule has 0 bridgehead atoms. The van der Waals surface area contributed by atoms with E-state index in [-0.39, 0.29) is 25.5 Å². The molecule has 3 rings (SSSR count). The van der Waals surface area contributed by atoms with Gasteiger partial charge in [-0.1, -0.05) is 0 Å². The van der Waals surface area contributed by atoms with E-state index in [0.717, 1.165) is 16.0 Å². The third kappa shape index (κ3) is 3.03. The average Bonchev–Trinajstić information content (AvgIpc) is 2.90. The number of thiophene rings is 1. The molecule has 1 fully saturated rings. The van der Waals surface area contributed by atoms with Crippen LogP contribution in [0.15, 0.2) is 17.8 Å². The van der Waals surface area contributed by atoms with E-state index < -0.39 is 6.10 Å². The van der Waals surface area contributed by atoms with Crippen molar-refractivity contribution < 1.29 is 15.0 Å². The van der Waals surface area contributed by atoms with E-state index in [4.69, 9.17) is 5.11 Å². The molecule has 0 unspecified atom stereocenters. The fourth-order valence-electron chi connectivity index (χ4n) is 2.69. The number of aliphatic hydroxyl groups is 2. The molecule has 7 nitrogen and oxygen atoms in total. The first-order chi connectivity index (χ1) is 10.7. The Labute approximate surface area is 131 Å². The van der Waals surface area contributed by atoms with Crippen molar-refractivity contribution in [3.63, 3.8) is 0 Å². The number of amides is 1. The summed E-state index contributed by atoms with van der Waals surface area (Å²) in [6, 6.07) is 1.97. The smallest absolute Gasteiger partial charge is 0.225 e. The minimum Gasteiger partial charge on any atom is -0.396 e. The molecule has 8 heteroatoms. The fourth-order valence-corrected chi connectivity index (χ4v) is 3.42. The molecule has 1 saturated heterocycles. The van der Waals surface area contributed by atoms with E-state index >= 15 is 0 Å². The highest BCUT2D eigenvalue weighted by Gasteiger charge is 2.25. The number of nitrogens with zero attached hydrogens (tertiary/aromatic N) is 4. The molecule has 1 aliphatic heterocycles. The largest absolute Gasteiger partial charge is 0.396 e. The lowest BCUT2D eigenvalue weighted by molar-refractivity contribution is -0.132. The van der Waals surface area contributed by atoms with Gasteiger partial charge in [0.25, 0.3) is 0 Å². The first-order valence-electron chi connectivity index (χ1n) is 7.19. The van der Waals surface area contributed by atoms with Gasteiger partial charge in [-0.25, -0.2) is 9.97 Å². The van der Waals surface area contributed by atoms with Crippen molar-refractivity contribution in [1.29, 1.82) is 0 Å². The van der Waals surface area contributed by atoms with Crippen LogP contribution in [0.3, 0.4) is 0 Å². The second-order valence-electron chi connectivity index (χ2n) is 5.25. The number of β-amino-alcohol motifs (C(OH)–C–C–N with tert-alkyl or cyclic N) is 1. The van der Waals surface area contributed by atoms with Crippen LogP contribution in [-0.4, -0.2) is 69.9 Å². The molecule has 3 heterocycles. The second kappa shape index (κ2) is 6.55. The van der Waals surface area contributed by atoms with Crippen LogP contribution < -0.4 is 4.90 Å². The zero-order valence-electron chi connectivity index (χ0n) is 12.1. The third-order valence-electron chi connectivity index (χ3n) is 3.72. The molecule has 1 aliphatic rings. The van der Waals surface area contributed by atoms with Gasteiger partial charge in [0.2, 0.25) is 5.91 Å². The standard InChI is InChI=1S/C14H18N4O3S/c19-5-1-12(21)17-3-4-18(8-10(20)7-17)13-11-2-6-22-14(11)16-9-15-13/h2,6,9-10,19-20H,1,3-5,7-8H2/t10-/m1/s1. The maximum atomic E-state index is 11.9. The van der Waals surface area contributed by atoms with Crippen LogP contribution in [0.1, 0.15) is 6.42 Å². The van der Waals surface area contributed by atoms with Gasteiger partial charge in [0.1, 0.15) is 17.0 Å². The van der Waals surface area contributed by atoms with Crippen LogP contribution in [0.5, 0.6) is 0 Å². The van der Waals surface area contributed by atoms with E-state index in [9.17, 15) is 9.90 Å². The van der Waals surface area contributed by atoms with Crippen molar-refractivity contribution in [2.45, 2.75) is 12.5 Å². The van der Waals surface area contributed by atoms with E-state index in [0.29, 0.717) is 19.6 Å². The molecule has 1 atom stereocenters. The Bertz CT molecular complexity index is 662. The highest BCUT2D eigenvalue weighted by molar-refractivity contribution is 7.16. The Kier molecular flexibility index (Phi) is 4.51. The van der Waals surface area contributed by atoms with Gasteiger partial charge in [0, 0.05) is 32.6 Å². The lowest BCUT2D eigenvalue weighted by Crippen LogP contribution is -2.37. The molecule has 2 N–H and O–H groups in total. The number of fused-ring (bicyclic) bond motifs is 1. The Morgan fingerprint density at radius 1 is 1.36 bits per heavy atom. The Morgan fingerprint density at radius 3 is 3.05 bits per heavy atom. The summed E-state index contributed by atoms with van der Waals surface area (Å²) in [6.45, 7) is 1.64. The molecule has 2 aromatic rings. The Morgan fingerprint density at radius 2 is 2.23 bits per heavy atom. The molecule has 0 radical (unpaired) electrons. The van der Waals surface area contributed by atoms with Crippen LogP contribution in [-0.2, 0) is 4.79 Å². The molecule has 22 heavy (non-hydrogen) atoms. The topological polar surface area (TPSA) is 89.8 Å². The van der Waals surface area contributed by atoms with E-state index in [1.54, 1.807) is 16.2 Å². The summed E-state index contributed by atoms with van der Waals surface area (Å²) in [4.78, 5) is 25.0. The van der Waals surface area contributed by atoms with Crippen LogP contribution in [0, 0.1) is 0 Å². The van der Waals surface area contributed by atoms with Gasteiger partial charge in [-0.15, -0.1) is 11.3 Å². The number of aromatic nitrogens is 2. The molecule has 2 aromatic heterocycles. The minimum atomic E-state index is -0.645. The van der Waals surface area contributed by atoms with E-state index in [2.05, 4.69) is 9.97 Å². The number of hydrogen-bond acceptors (Lipinski definition) is 7. The van der Waals surface area contributed by atoms with Gasteiger partial charge in [-0.2, -0.15) is 0 Å². The summed E-state index contributed by atoms with van der Waals surface area (Å²) in [6.07, 6.45) is 0.976. The summed E-state index contributed by atoms with van der Waals surface area (Å²) in [5.74, 6) is 0.661. The lowest BCUT2D eigenvalue weighted by Gasteiger charge is -2.23. The average molecular weight is 322 g/mol. The van der Waals surface area contributed by atoms with Gasteiger partial charge in [-0.05, 0) is 11.4 Å². The number of carbonyl (C=O) groups is 1. The van der Waals surface area contributed by atoms with Crippen LogP contribution in [0.25, 0.3) is 10.2 Å². The fraction of sp³-hybridized carbons (Fsp3) is 0.500. The molecule has 0 spiro atoms. The van der Waals surface area contributed by atoms with Gasteiger partial charge in [0.15, 0.2) is 0 Å². The maximum Gasteiger partial charge on any atom is 0.225 e. The Balaban J connectivity index is 1.81. The SMILES string of the molecule is O=C(CCO)N1CCN(c2ncnc3sccc23)C[C@H](O)C1. The van der Waals surface area contributed by atoms with Crippen molar-refractivity contribution in [3.8, 4) is 0 Å². The number of rotatable bonds is 3. The molecule has 0 aromatic carbocycles. The Hall–Kier alpha value is -1.77. The maximum absolute atomic E-state index is 11.9. The van der Waals surface area contributed by atoms with Crippen molar-refractivity contribution in [2.75, 3.05) is 37.7 Å². The predicted molar refractivity (Wildman–Crippen MR) is 83.9 cm³/mol. The number of anilines is 1. The van der Waals surface area contributed by atoms with Crippen LogP contribution in [0.2, 0.25) is 0 Å². The van der Waals surface area contributed by atoms with Crippen molar-refractivity contribution in [3.05, 3.63) is 17.8 Å². The zero-order valence-corrected chi connectivity index (χ0v) is 12.9. The zero-order chi connectivity index (χ0) is 15.5. The first kappa shape index (κ1) is 15.1. The van der Waals surface area contributed by atoms with Crippen molar-refractivity contribution in [2.24, 2.45) is 0 Å². The minimum absolute atomic E-state index is 0.0923. The first-order valence-corrected chi connectivity index (χ1v) is 8.07. The summed E-state index contributed by atoms with van der Waals surface area (Å²) >= 11 is 1.55. The summed E-state index contributed by atoms with van der Waals surface area (Å²) in [7, 11) is 0. The summed E-state index contributed by atoms with van der Waals surface area (Å²) in [5.41, 5.74) is 0. The second-order valence-corrected chi connectivity index (χ2v) is 6.14.